The summed E-state index contributed by atoms with van der Waals surface area (Å²) in [5, 5.41) is 12.1. The van der Waals surface area contributed by atoms with Gasteiger partial charge in [-0.3, -0.25) is 0 Å². The van der Waals surface area contributed by atoms with E-state index in [-0.39, 0.29) is 0 Å². The van der Waals surface area contributed by atoms with E-state index in [9.17, 15) is 0 Å². The second-order valence-electron chi connectivity index (χ2n) is 4.48. The van der Waals surface area contributed by atoms with Crippen LogP contribution in [0.4, 0.5) is 0 Å². The van der Waals surface area contributed by atoms with Crippen molar-refractivity contribution < 1.29 is 4.63 Å². The maximum atomic E-state index is 4.74. The number of fused-ring (bicyclic) bond motifs is 1. The fourth-order valence-corrected chi connectivity index (χ4v) is 2.20. The molecule has 0 bridgehead atoms. The van der Waals surface area contributed by atoms with Crippen LogP contribution < -0.4 is 5.32 Å². The molecule has 0 saturated carbocycles. The van der Waals surface area contributed by atoms with Gasteiger partial charge in [0, 0.05) is 24.3 Å². The van der Waals surface area contributed by atoms with Crippen LogP contribution in [0, 0.1) is 6.92 Å². The van der Waals surface area contributed by atoms with E-state index in [0.717, 1.165) is 29.0 Å². The smallest absolute Gasteiger partial charge is 0.140 e. The van der Waals surface area contributed by atoms with Gasteiger partial charge in [-0.05, 0) is 31.7 Å². The summed E-state index contributed by atoms with van der Waals surface area (Å²) in [4.78, 5) is 4.45. The molecule has 6 nitrogen and oxygen atoms in total. The quantitative estimate of drug-likeness (QED) is 0.767. The van der Waals surface area contributed by atoms with E-state index in [0.29, 0.717) is 6.54 Å². The summed E-state index contributed by atoms with van der Waals surface area (Å²) in [6, 6.07) is 4.04. The Labute approximate surface area is 110 Å². The second-order valence-corrected chi connectivity index (χ2v) is 4.48. The molecule has 0 fully saturated rings. The van der Waals surface area contributed by atoms with Crippen LogP contribution in [0.3, 0.4) is 0 Å². The van der Waals surface area contributed by atoms with Crippen LogP contribution in [0.1, 0.15) is 17.0 Å². The molecule has 3 rings (SSSR count). The fraction of sp³-hybridized carbons (Fsp3) is 0.308. The zero-order valence-corrected chi connectivity index (χ0v) is 10.9. The van der Waals surface area contributed by atoms with Gasteiger partial charge in [0.25, 0.3) is 0 Å². The lowest BCUT2D eigenvalue weighted by molar-refractivity contribution is 0.300. The van der Waals surface area contributed by atoms with Crippen molar-refractivity contribution in [2.75, 3.05) is 7.05 Å². The Hall–Kier alpha value is -2.21. The van der Waals surface area contributed by atoms with Crippen LogP contribution in [-0.4, -0.2) is 26.9 Å². The molecule has 3 aromatic rings. The Morgan fingerprint density at radius 1 is 1.37 bits per heavy atom. The van der Waals surface area contributed by atoms with Crippen molar-refractivity contribution in [2.24, 2.45) is 0 Å². The minimum Gasteiger partial charge on any atom is -0.326 e. The highest BCUT2D eigenvalue weighted by Gasteiger charge is 2.12. The van der Waals surface area contributed by atoms with Crippen LogP contribution in [0.2, 0.25) is 0 Å². The zero-order chi connectivity index (χ0) is 13.2. The largest absolute Gasteiger partial charge is 0.326 e. The first-order valence-corrected chi connectivity index (χ1v) is 6.15. The van der Waals surface area contributed by atoms with Gasteiger partial charge in [0.1, 0.15) is 17.0 Å². The third-order valence-corrected chi connectivity index (χ3v) is 3.15. The first-order chi connectivity index (χ1) is 9.29. The normalized spacial score (nSPS) is 11.3. The predicted octanol–water partition coefficient (Wildman–Crippen LogP) is 1.50. The molecule has 0 unspecified atom stereocenters. The van der Waals surface area contributed by atoms with Crippen molar-refractivity contribution in [2.45, 2.75) is 20.0 Å². The SMILES string of the molecule is CNCc1cn(Cc2nonc2C)c2ncccc12. The van der Waals surface area contributed by atoms with Gasteiger partial charge in [0.15, 0.2) is 0 Å². The van der Waals surface area contributed by atoms with Gasteiger partial charge in [-0.2, -0.15) is 0 Å². The molecule has 0 aliphatic carbocycles. The van der Waals surface area contributed by atoms with Gasteiger partial charge >= 0.3 is 0 Å². The summed E-state index contributed by atoms with van der Waals surface area (Å²) in [6.45, 7) is 3.32. The van der Waals surface area contributed by atoms with Gasteiger partial charge in [0.2, 0.25) is 0 Å². The number of aryl methyl sites for hydroxylation is 1. The van der Waals surface area contributed by atoms with Crippen LogP contribution in [0.15, 0.2) is 29.2 Å². The van der Waals surface area contributed by atoms with E-state index in [2.05, 4.69) is 37.4 Å². The summed E-state index contributed by atoms with van der Waals surface area (Å²) >= 11 is 0. The van der Waals surface area contributed by atoms with E-state index < -0.39 is 0 Å². The van der Waals surface area contributed by atoms with Gasteiger partial charge < -0.3 is 9.88 Å². The molecule has 0 amide bonds. The van der Waals surface area contributed by atoms with Crippen LogP contribution >= 0.6 is 0 Å². The molecule has 19 heavy (non-hydrogen) atoms. The van der Waals surface area contributed by atoms with Crippen molar-refractivity contribution in [3.8, 4) is 0 Å². The van der Waals surface area contributed by atoms with E-state index in [1.165, 1.54) is 5.56 Å². The summed E-state index contributed by atoms with van der Waals surface area (Å²) in [7, 11) is 1.94. The molecule has 0 saturated heterocycles. The first kappa shape index (κ1) is 11.9. The lowest BCUT2D eigenvalue weighted by atomic mass is 10.2. The predicted molar refractivity (Wildman–Crippen MR) is 70.6 cm³/mol. The summed E-state index contributed by atoms with van der Waals surface area (Å²) in [6.07, 6.45) is 3.90. The molecule has 0 spiro atoms. The van der Waals surface area contributed by atoms with Crippen LogP contribution in [-0.2, 0) is 13.1 Å². The molecule has 98 valence electrons. The van der Waals surface area contributed by atoms with Crippen LogP contribution in [0.25, 0.3) is 11.0 Å². The minimum absolute atomic E-state index is 0.618. The molecular weight excluding hydrogens is 242 g/mol. The molecular formula is C13H15N5O. The first-order valence-electron chi connectivity index (χ1n) is 6.15. The molecule has 3 heterocycles. The average molecular weight is 257 g/mol. The molecule has 0 radical (unpaired) electrons. The molecule has 0 aliphatic rings. The maximum absolute atomic E-state index is 4.74. The Bertz CT molecular complexity index is 700. The molecule has 0 atom stereocenters. The van der Waals surface area contributed by atoms with Crippen LogP contribution in [0.5, 0.6) is 0 Å². The lowest BCUT2D eigenvalue weighted by Crippen LogP contribution is -2.04. The van der Waals surface area contributed by atoms with E-state index in [4.69, 9.17) is 4.63 Å². The lowest BCUT2D eigenvalue weighted by Gasteiger charge is -2.00. The summed E-state index contributed by atoms with van der Waals surface area (Å²) in [5.41, 5.74) is 3.82. The third kappa shape index (κ3) is 2.10. The zero-order valence-electron chi connectivity index (χ0n) is 10.9. The van der Waals surface area contributed by atoms with Gasteiger partial charge in [-0.25, -0.2) is 9.61 Å². The number of hydrogen-bond donors (Lipinski definition) is 1. The number of pyridine rings is 1. The van der Waals surface area contributed by atoms with Gasteiger partial charge in [-0.15, -0.1) is 0 Å². The van der Waals surface area contributed by atoms with Crippen molar-refractivity contribution in [3.63, 3.8) is 0 Å². The highest BCUT2D eigenvalue weighted by molar-refractivity contribution is 5.80. The minimum atomic E-state index is 0.618. The average Bonchev–Trinajstić information content (AvgIpc) is 2.97. The highest BCUT2D eigenvalue weighted by Crippen LogP contribution is 2.20. The molecule has 0 aliphatic heterocycles. The molecule has 0 aromatic carbocycles. The fourth-order valence-electron chi connectivity index (χ4n) is 2.20. The Balaban J connectivity index is 2.06. The topological polar surface area (TPSA) is 68.8 Å². The highest BCUT2D eigenvalue weighted by atomic mass is 16.6. The Morgan fingerprint density at radius 2 is 2.26 bits per heavy atom. The molecule has 1 N–H and O–H groups in total. The Kier molecular flexibility index (Phi) is 3.00. The third-order valence-electron chi connectivity index (χ3n) is 3.15. The number of nitrogens with zero attached hydrogens (tertiary/aromatic N) is 4. The number of hydrogen-bond acceptors (Lipinski definition) is 5. The monoisotopic (exact) mass is 257 g/mol. The van der Waals surface area contributed by atoms with Crippen molar-refractivity contribution >= 4 is 11.0 Å². The molecule has 3 aromatic heterocycles. The van der Waals surface area contributed by atoms with Gasteiger partial charge in [-0.1, -0.05) is 10.3 Å². The second kappa shape index (κ2) is 4.81. The van der Waals surface area contributed by atoms with E-state index in [1.54, 1.807) is 6.20 Å². The van der Waals surface area contributed by atoms with E-state index >= 15 is 0 Å². The van der Waals surface area contributed by atoms with Crippen molar-refractivity contribution in [1.82, 2.24) is 25.2 Å². The maximum Gasteiger partial charge on any atom is 0.140 e. The standard InChI is InChI=1S/C13H15N5O/c1-9-12(17-19-16-9)8-18-7-10(6-14-2)11-4-3-5-15-13(11)18/h3-5,7,14H,6,8H2,1-2H3. The molecule has 6 heteroatoms. The number of rotatable bonds is 4. The number of nitrogens with one attached hydrogen (secondary N) is 1. The number of aromatic nitrogens is 4. The Morgan fingerprint density at radius 3 is 3.00 bits per heavy atom. The van der Waals surface area contributed by atoms with Crippen molar-refractivity contribution in [3.05, 3.63) is 41.5 Å². The summed E-state index contributed by atoms with van der Waals surface area (Å²) in [5.74, 6) is 0. The van der Waals surface area contributed by atoms with Gasteiger partial charge in [0.05, 0.1) is 6.54 Å². The summed E-state index contributed by atoms with van der Waals surface area (Å²) < 4.78 is 6.82. The van der Waals surface area contributed by atoms with E-state index in [1.807, 2.05) is 20.0 Å². The van der Waals surface area contributed by atoms with Crippen molar-refractivity contribution in [1.29, 1.82) is 0 Å².